The summed E-state index contributed by atoms with van der Waals surface area (Å²) in [6.07, 6.45) is -3.77. The first kappa shape index (κ1) is 19.9. The molecular formula is C17H9ClF3N3O3. The predicted molar refractivity (Wildman–Crippen MR) is 91.8 cm³/mol. The Morgan fingerprint density at radius 3 is 2.37 bits per heavy atom. The first-order valence-corrected chi connectivity index (χ1v) is 7.54. The van der Waals surface area contributed by atoms with Crippen LogP contribution in [0.5, 0.6) is 0 Å². The molecule has 2 aromatic rings. The van der Waals surface area contributed by atoms with Crippen LogP contribution >= 0.6 is 11.6 Å². The lowest BCUT2D eigenvalue weighted by molar-refractivity contribution is -0.385. The Morgan fingerprint density at radius 1 is 1.22 bits per heavy atom. The van der Waals surface area contributed by atoms with Crippen LogP contribution in [0, 0.1) is 21.4 Å². The van der Waals surface area contributed by atoms with Crippen LogP contribution in [-0.2, 0) is 11.0 Å². The number of benzene rings is 2. The Balaban J connectivity index is 2.37. The number of amides is 1. The van der Waals surface area contributed by atoms with Crippen molar-refractivity contribution in [1.82, 2.24) is 0 Å². The summed E-state index contributed by atoms with van der Waals surface area (Å²) in [5.41, 5.74) is -2.89. The van der Waals surface area contributed by atoms with Gasteiger partial charge < -0.3 is 5.32 Å². The van der Waals surface area contributed by atoms with Crippen molar-refractivity contribution >= 4 is 35.0 Å². The highest BCUT2D eigenvalue weighted by atomic mass is 35.5. The van der Waals surface area contributed by atoms with E-state index in [1.54, 1.807) is 6.07 Å². The second kappa shape index (κ2) is 7.88. The van der Waals surface area contributed by atoms with Crippen LogP contribution in [0.1, 0.15) is 11.1 Å². The van der Waals surface area contributed by atoms with Gasteiger partial charge in [0.25, 0.3) is 11.6 Å². The normalized spacial score (nSPS) is 11.6. The van der Waals surface area contributed by atoms with Crippen LogP contribution in [0.15, 0.2) is 48.0 Å². The van der Waals surface area contributed by atoms with Crippen molar-refractivity contribution in [3.8, 4) is 6.07 Å². The molecule has 0 radical (unpaired) electrons. The summed E-state index contributed by atoms with van der Waals surface area (Å²) in [6.45, 7) is 0. The molecule has 0 bridgehead atoms. The third-order valence-corrected chi connectivity index (χ3v) is 3.57. The van der Waals surface area contributed by atoms with Gasteiger partial charge in [-0.1, -0.05) is 23.7 Å². The molecule has 0 spiro atoms. The molecule has 0 aromatic heterocycles. The zero-order valence-electron chi connectivity index (χ0n) is 13.2. The van der Waals surface area contributed by atoms with Gasteiger partial charge in [-0.2, -0.15) is 18.4 Å². The van der Waals surface area contributed by atoms with E-state index in [0.717, 1.165) is 12.1 Å². The number of hydrogen-bond donors (Lipinski definition) is 1. The number of nitrogens with zero attached hydrogens (tertiary/aromatic N) is 2. The molecule has 138 valence electrons. The van der Waals surface area contributed by atoms with Gasteiger partial charge in [0.15, 0.2) is 0 Å². The summed E-state index contributed by atoms with van der Waals surface area (Å²) in [5, 5.41) is 22.2. The number of hydrogen-bond acceptors (Lipinski definition) is 4. The summed E-state index contributed by atoms with van der Waals surface area (Å²) in [4.78, 5) is 21.9. The summed E-state index contributed by atoms with van der Waals surface area (Å²) < 4.78 is 39.4. The van der Waals surface area contributed by atoms with Crippen molar-refractivity contribution in [1.29, 1.82) is 5.26 Å². The van der Waals surface area contributed by atoms with Gasteiger partial charge in [0, 0.05) is 17.2 Å². The highest BCUT2D eigenvalue weighted by molar-refractivity contribution is 6.30. The van der Waals surface area contributed by atoms with Gasteiger partial charge >= 0.3 is 6.18 Å². The number of halogens is 4. The predicted octanol–water partition coefficient (Wildman–Crippen LogP) is 4.81. The molecule has 1 N–H and O–H groups in total. The topological polar surface area (TPSA) is 96.0 Å². The molecule has 1 amide bonds. The Bertz CT molecular complexity index is 964. The van der Waals surface area contributed by atoms with Crippen LogP contribution in [0.3, 0.4) is 0 Å². The van der Waals surface area contributed by atoms with E-state index in [1.807, 2.05) is 5.32 Å². The van der Waals surface area contributed by atoms with Crippen LogP contribution in [0.2, 0.25) is 5.02 Å². The smallest absolute Gasteiger partial charge is 0.321 e. The molecule has 0 aliphatic heterocycles. The van der Waals surface area contributed by atoms with E-state index >= 15 is 0 Å². The summed E-state index contributed by atoms with van der Waals surface area (Å²) in [7, 11) is 0. The van der Waals surface area contributed by atoms with E-state index in [1.165, 1.54) is 30.3 Å². The number of carbonyl (C=O) groups is 1. The van der Waals surface area contributed by atoms with Crippen molar-refractivity contribution in [3.05, 3.63) is 74.3 Å². The van der Waals surface area contributed by atoms with Gasteiger partial charge in [0.2, 0.25) is 0 Å². The molecule has 0 aliphatic rings. The lowest BCUT2D eigenvalue weighted by Gasteiger charge is -2.13. The number of anilines is 1. The van der Waals surface area contributed by atoms with Crippen LogP contribution in [-0.4, -0.2) is 10.8 Å². The maximum atomic E-state index is 13.1. The second-order valence-corrected chi connectivity index (χ2v) is 5.60. The minimum atomic E-state index is -4.94. The molecule has 0 atom stereocenters. The average molecular weight is 396 g/mol. The van der Waals surface area contributed by atoms with E-state index in [-0.39, 0.29) is 0 Å². The third-order valence-electron chi connectivity index (χ3n) is 3.31. The standard InChI is InChI=1S/C17H9ClF3N3O3/c18-12-3-1-10(2-4-12)7-11(9-22)16(25)23-15-6-5-13(24(26)27)8-14(15)17(19,20)21/h1-8H,(H,23,25). The fourth-order valence-corrected chi connectivity index (χ4v) is 2.18. The largest absolute Gasteiger partial charge is 0.418 e. The van der Waals surface area contributed by atoms with Gasteiger partial charge in [-0.3, -0.25) is 14.9 Å². The van der Waals surface area contributed by atoms with Crippen molar-refractivity contribution in [2.45, 2.75) is 6.18 Å². The number of nitrogens with one attached hydrogen (secondary N) is 1. The zero-order valence-corrected chi connectivity index (χ0v) is 14.0. The van der Waals surface area contributed by atoms with Crippen LogP contribution < -0.4 is 5.32 Å². The maximum absolute atomic E-state index is 13.1. The highest BCUT2D eigenvalue weighted by Gasteiger charge is 2.35. The molecule has 0 fully saturated rings. The van der Waals surface area contributed by atoms with E-state index in [2.05, 4.69) is 0 Å². The Labute approximate surface area is 155 Å². The van der Waals surface area contributed by atoms with Crippen LogP contribution in [0.25, 0.3) is 6.08 Å². The first-order chi connectivity index (χ1) is 12.6. The van der Waals surface area contributed by atoms with E-state index in [0.29, 0.717) is 16.7 Å². The fourth-order valence-electron chi connectivity index (χ4n) is 2.05. The minimum Gasteiger partial charge on any atom is -0.321 e. The number of nitro groups is 1. The molecule has 0 saturated heterocycles. The van der Waals surface area contributed by atoms with Crippen molar-refractivity contribution in [3.63, 3.8) is 0 Å². The SMILES string of the molecule is N#CC(=Cc1ccc(Cl)cc1)C(=O)Nc1ccc([N+](=O)[O-])cc1C(F)(F)F. The third kappa shape index (κ3) is 5.05. The lowest BCUT2D eigenvalue weighted by Crippen LogP contribution is -2.18. The zero-order chi connectivity index (χ0) is 20.2. The van der Waals surface area contributed by atoms with Crippen molar-refractivity contribution in [2.24, 2.45) is 0 Å². The molecule has 0 unspecified atom stereocenters. The van der Waals surface area contributed by atoms with Gasteiger partial charge in [0.1, 0.15) is 11.6 Å². The molecule has 10 heteroatoms. The van der Waals surface area contributed by atoms with Gasteiger partial charge in [-0.25, -0.2) is 0 Å². The molecule has 0 heterocycles. The molecule has 0 saturated carbocycles. The number of nitro benzene ring substituents is 1. The number of carbonyl (C=O) groups excluding carboxylic acids is 1. The molecule has 2 rings (SSSR count). The summed E-state index contributed by atoms with van der Waals surface area (Å²) in [5.74, 6) is -1.09. The second-order valence-electron chi connectivity index (χ2n) is 5.16. The van der Waals surface area contributed by atoms with Crippen molar-refractivity contribution < 1.29 is 22.9 Å². The summed E-state index contributed by atoms with van der Waals surface area (Å²) >= 11 is 5.73. The molecular weight excluding hydrogens is 387 g/mol. The molecule has 6 nitrogen and oxygen atoms in total. The maximum Gasteiger partial charge on any atom is 0.418 e. The van der Waals surface area contributed by atoms with E-state index < -0.39 is 39.5 Å². The van der Waals surface area contributed by atoms with Gasteiger partial charge in [-0.05, 0) is 29.8 Å². The number of nitriles is 1. The van der Waals surface area contributed by atoms with Gasteiger partial charge in [0.05, 0.1) is 16.2 Å². The summed E-state index contributed by atoms with van der Waals surface area (Å²) in [6, 6.07) is 9.54. The fraction of sp³-hybridized carbons (Fsp3) is 0.0588. The van der Waals surface area contributed by atoms with E-state index in [9.17, 15) is 28.1 Å². The number of non-ortho nitro benzene ring substituents is 1. The highest BCUT2D eigenvalue weighted by Crippen LogP contribution is 2.37. The van der Waals surface area contributed by atoms with Gasteiger partial charge in [-0.15, -0.1) is 0 Å². The average Bonchev–Trinajstić information content (AvgIpc) is 2.60. The number of alkyl halides is 3. The first-order valence-electron chi connectivity index (χ1n) is 7.16. The molecule has 0 aliphatic carbocycles. The minimum absolute atomic E-state index is 0.310. The van der Waals surface area contributed by atoms with E-state index in [4.69, 9.17) is 16.9 Å². The Morgan fingerprint density at radius 2 is 1.85 bits per heavy atom. The Hall–Kier alpha value is -3.38. The monoisotopic (exact) mass is 395 g/mol. The quantitative estimate of drug-likeness (QED) is 0.347. The van der Waals surface area contributed by atoms with Crippen molar-refractivity contribution in [2.75, 3.05) is 5.32 Å². The number of rotatable bonds is 4. The lowest BCUT2D eigenvalue weighted by atomic mass is 10.1. The Kier molecular flexibility index (Phi) is 5.82. The molecule has 27 heavy (non-hydrogen) atoms. The molecule has 2 aromatic carbocycles. The van der Waals surface area contributed by atoms with Crippen LogP contribution in [0.4, 0.5) is 24.5 Å².